The average Bonchev–Trinajstić information content (AvgIpc) is 2.53. The summed E-state index contributed by atoms with van der Waals surface area (Å²) in [5, 5.41) is 16.8. The molecule has 5 heteroatoms. The van der Waals surface area contributed by atoms with Crippen LogP contribution in [0.3, 0.4) is 0 Å². The van der Waals surface area contributed by atoms with Gasteiger partial charge < -0.3 is 20.5 Å². The molecule has 0 saturated carbocycles. The quantitative estimate of drug-likeness (QED) is 0.799. The summed E-state index contributed by atoms with van der Waals surface area (Å²) < 4.78 is 5.78. The predicted octanol–water partition coefficient (Wildman–Crippen LogP) is 2.08. The maximum atomic E-state index is 12.1. The summed E-state index contributed by atoms with van der Waals surface area (Å²) in [6.07, 6.45) is 0.993. The third kappa shape index (κ3) is 2.96. The van der Waals surface area contributed by atoms with Gasteiger partial charge in [-0.3, -0.25) is 4.79 Å². The highest BCUT2D eigenvalue weighted by Gasteiger charge is 2.31. The molecule has 2 atom stereocenters. The van der Waals surface area contributed by atoms with Crippen LogP contribution in [0.1, 0.15) is 38.4 Å². The molecule has 1 saturated heterocycles. The van der Waals surface area contributed by atoms with Crippen LogP contribution in [0.2, 0.25) is 0 Å². The van der Waals surface area contributed by atoms with Gasteiger partial charge in [-0.1, -0.05) is 19.9 Å². The van der Waals surface area contributed by atoms with E-state index in [0.29, 0.717) is 11.4 Å². The van der Waals surface area contributed by atoms with Gasteiger partial charge in [0.25, 0.3) is 5.91 Å². The lowest BCUT2D eigenvalue weighted by atomic mass is 9.88. The molecule has 0 spiro atoms. The first kappa shape index (κ1) is 15.3. The van der Waals surface area contributed by atoms with Crippen LogP contribution in [0.4, 0.5) is 5.69 Å². The van der Waals surface area contributed by atoms with E-state index in [1.54, 1.807) is 0 Å². The molecular weight excluding hydrogens is 280 g/mol. The monoisotopic (exact) mass is 304 g/mol. The number of nitrogens with one attached hydrogen (secondary N) is 2. The second-order valence-corrected chi connectivity index (χ2v) is 6.56. The highest BCUT2D eigenvalue weighted by Crippen LogP contribution is 2.36. The highest BCUT2D eigenvalue weighted by atomic mass is 16.5. The number of aliphatic hydroxyl groups is 1. The molecule has 1 amide bonds. The Labute approximate surface area is 131 Å². The second kappa shape index (κ2) is 6.26. The van der Waals surface area contributed by atoms with Gasteiger partial charge in [-0.25, -0.2) is 0 Å². The van der Waals surface area contributed by atoms with Gasteiger partial charge >= 0.3 is 0 Å². The molecule has 120 valence electrons. The van der Waals surface area contributed by atoms with Crippen molar-refractivity contribution in [3.8, 4) is 5.75 Å². The molecule has 3 N–H and O–H groups in total. The fourth-order valence-electron chi connectivity index (χ4n) is 3.20. The molecule has 2 heterocycles. The van der Waals surface area contributed by atoms with Crippen LogP contribution in [0.5, 0.6) is 5.75 Å². The number of benzene rings is 1. The fourth-order valence-corrected chi connectivity index (χ4v) is 3.20. The molecule has 2 unspecified atom stereocenters. The summed E-state index contributed by atoms with van der Waals surface area (Å²) in [5.41, 5.74) is 1.50. The average molecular weight is 304 g/mol. The van der Waals surface area contributed by atoms with Gasteiger partial charge in [-0.2, -0.15) is 0 Å². The first-order valence-corrected chi connectivity index (χ1v) is 8.06. The first-order valence-electron chi connectivity index (χ1n) is 8.06. The van der Waals surface area contributed by atoms with Crippen molar-refractivity contribution in [1.29, 1.82) is 0 Å². The van der Waals surface area contributed by atoms with Crippen molar-refractivity contribution in [3.05, 3.63) is 23.8 Å². The van der Waals surface area contributed by atoms with Crippen molar-refractivity contribution in [1.82, 2.24) is 5.32 Å². The minimum Gasteiger partial charge on any atom is -0.478 e. The van der Waals surface area contributed by atoms with Crippen molar-refractivity contribution in [3.63, 3.8) is 0 Å². The van der Waals surface area contributed by atoms with Crippen molar-refractivity contribution in [2.45, 2.75) is 38.9 Å². The largest absolute Gasteiger partial charge is 0.478 e. The summed E-state index contributed by atoms with van der Waals surface area (Å²) in [6, 6.07) is 5.60. The molecule has 2 aliphatic heterocycles. The van der Waals surface area contributed by atoms with Gasteiger partial charge in [0.1, 0.15) is 5.75 Å². The number of fused-ring (bicyclic) bond motifs is 1. The van der Waals surface area contributed by atoms with Crippen molar-refractivity contribution < 1.29 is 14.6 Å². The second-order valence-electron chi connectivity index (χ2n) is 6.56. The van der Waals surface area contributed by atoms with Crippen molar-refractivity contribution in [2.24, 2.45) is 11.8 Å². The van der Waals surface area contributed by atoms with Crippen LogP contribution in [0, 0.1) is 11.8 Å². The molecule has 1 aromatic rings. The van der Waals surface area contributed by atoms with Crippen LogP contribution in [0.25, 0.3) is 0 Å². The Balaban J connectivity index is 1.79. The topological polar surface area (TPSA) is 70.6 Å². The molecule has 2 aliphatic rings. The number of amides is 1. The van der Waals surface area contributed by atoms with Crippen molar-refractivity contribution in [2.75, 3.05) is 18.4 Å². The zero-order valence-corrected chi connectivity index (χ0v) is 13.1. The van der Waals surface area contributed by atoms with E-state index >= 15 is 0 Å². The van der Waals surface area contributed by atoms with Crippen LogP contribution in [-0.2, 0) is 4.79 Å². The van der Waals surface area contributed by atoms with Gasteiger partial charge in [0.05, 0.1) is 11.8 Å². The number of ether oxygens (including phenoxy) is 1. The number of aliphatic hydroxyl groups excluding tert-OH is 1. The smallest absolute Gasteiger partial charge is 0.265 e. The maximum absolute atomic E-state index is 12.1. The highest BCUT2D eigenvalue weighted by molar-refractivity contribution is 5.98. The normalized spacial score (nSPS) is 23.6. The Morgan fingerprint density at radius 1 is 1.27 bits per heavy atom. The van der Waals surface area contributed by atoms with Crippen molar-refractivity contribution >= 4 is 11.6 Å². The summed E-state index contributed by atoms with van der Waals surface area (Å²) in [6.45, 7) is 5.82. The van der Waals surface area contributed by atoms with Gasteiger partial charge in [0, 0.05) is 0 Å². The Morgan fingerprint density at radius 3 is 2.68 bits per heavy atom. The Hall–Kier alpha value is -1.59. The fraction of sp³-hybridized carbons (Fsp3) is 0.588. The van der Waals surface area contributed by atoms with Gasteiger partial charge in [0.15, 0.2) is 6.10 Å². The zero-order chi connectivity index (χ0) is 15.7. The molecule has 1 fully saturated rings. The number of piperidine rings is 1. The lowest BCUT2D eigenvalue weighted by molar-refractivity contribution is -0.125. The third-order valence-corrected chi connectivity index (χ3v) is 4.55. The molecule has 5 nitrogen and oxygen atoms in total. The van der Waals surface area contributed by atoms with E-state index in [4.69, 9.17) is 4.74 Å². The van der Waals surface area contributed by atoms with E-state index in [-0.39, 0.29) is 17.7 Å². The predicted molar refractivity (Wildman–Crippen MR) is 84.9 cm³/mol. The Morgan fingerprint density at radius 2 is 2.00 bits per heavy atom. The summed E-state index contributed by atoms with van der Waals surface area (Å²) in [5.74, 6) is 0.951. The molecular formula is C17H24N2O3. The van der Waals surface area contributed by atoms with E-state index in [1.807, 2.05) is 32.0 Å². The molecule has 0 bridgehead atoms. The van der Waals surface area contributed by atoms with E-state index in [9.17, 15) is 9.90 Å². The number of carbonyl (C=O) groups is 1. The summed E-state index contributed by atoms with van der Waals surface area (Å²) >= 11 is 0. The SMILES string of the molecule is CC(C)C1Oc2ccc(C(O)C3CCNCC3)cc2NC1=O. The van der Waals surface area contributed by atoms with E-state index in [2.05, 4.69) is 10.6 Å². The molecule has 0 aromatic heterocycles. The zero-order valence-electron chi connectivity index (χ0n) is 13.1. The molecule has 3 rings (SSSR count). The Bertz CT molecular complexity index is 553. The third-order valence-electron chi connectivity index (χ3n) is 4.55. The lowest BCUT2D eigenvalue weighted by Crippen LogP contribution is -2.40. The standard InChI is InChI=1S/C17H24N2O3/c1-10(2)16-17(21)19-13-9-12(3-4-14(13)22-16)15(20)11-5-7-18-8-6-11/h3-4,9-11,15-16,18,20H,5-8H2,1-2H3,(H,19,21). The number of anilines is 1. The number of hydrogen-bond acceptors (Lipinski definition) is 4. The number of carbonyl (C=O) groups excluding carboxylic acids is 1. The molecule has 0 radical (unpaired) electrons. The van der Waals surface area contributed by atoms with E-state index in [1.165, 1.54) is 0 Å². The Kier molecular flexibility index (Phi) is 4.36. The minimum atomic E-state index is -0.493. The van der Waals surface area contributed by atoms with Crippen LogP contribution >= 0.6 is 0 Å². The van der Waals surface area contributed by atoms with Crippen LogP contribution < -0.4 is 15.4 Å². The van der Waals surface area contributed by atoms with Gasteiger partial charge in [0.2, 0.25) is 0 Å². The number of rotatable bonds is 3. The van der Waals surface area contributed by atoms with Crippen LogP contribution in [0.15, 0.2) is 18.2 Å². The minimum absolute atomic E-state index is 0.115. The van der Waals surface area contributed by atoms with Gasteiger partial charge in [-0.05, 0) is 55.5 Å². The van der Waals surface area contributed by atoms with Crippen LogP contribution in [-0.4, -0.2) is 30.2 Å². The summed E-state index contributed by atoms with van der Waals surface area (Å²) in [7, 11) is 0. The maximum Gasteiger partial charge on any atom is 0.265 e. The van der Waals surface area contributed by atoms with Gasteiger partial charge in [-0.15, -0.1) is 0 Å². The molecule has 22 heavy (non-hydrogen) atoms. The first-order chi connectivity index (χ1) is 10.6. The van der Waals surface area contributed by atoms with E-state index in [0.717, 1.165) is 31.5 Å². The lowest BCUT2D eigenvalue weighted by Gasteiger charge is -2.30. The van der Waals surface area contributed by atoms with E-state index < -0.39 is 12.2 Å². The summed E-state index contributed by atoms with van der Waals surface area (Å²) in [4.78, 5) is 12.1. The number of hydrogen-bond donors (Lipinski definition) is 3. The molecule has 0 aliphatic carbocycles. The molecule has 1 aromatic carbocycles.